The Morgan fingerprint density at radius 2 is 1.90 bits per heavy atom. The normalized spacial score (nSPS) is 12.5. The van der Waals surface area contributed by atoms with Crippen LogP contribution in [0.4, 0.5) is 5.82 Å². The molecule has 0 saturated heterocycles. The van der Waals surface area contributed by atoms with Crippen LogP contribution in [0.25, 0.3) is 21.8 Å². The van der Waals surface area contributed by atoms with Crippen LogP contribution < -0.4 is 5.73 Å². The van der Waals surface area contributed by atoms with Crippen LogP contribution in [-0.4, -0.2) is 28.8 Å². The Bertz CT molecular complexity index is 1190. The van der Waals surface area contributed by atoms with Gasteiger partial charge in [0.25, 0.3) is 0 Å². The summed E-state index contributed by atoms with van der Waals surface area (Å²) in [7, 11) is 1.75. The van der Waals surface area contributed by atoms with Crippen LogP contribution in [0, 0.1) is 6.92 Å². The van der Waals surface area contributed by atoms with Crippen molar-refractivity contribution in [2.24, 2.45) is 0 Å². The van der Waals surface area contributed by atoms with Crippen molar-refractivity contribution < 1.29 is 9.84 Å². The third kappa shape index (κ3) is 3.99. The zero-order valence-electron chi connectivity index (χ0n) is 17.4. The Morgan fingerprint density at radius 1 is 1.07 bits per heavy atom. The predicted octanol–water partition coefficient (Wildman–Crippen LogP) is 4.53. The number of ether oxygens (including phenoxy) is 1. The number of aliphatic hydroxyl groups excluding tert-OH is 1. The zero-order valence-corrected chi connectivity index (χ0v) is 17.4. The molecule has 0 spiro atoms. The van der Waals surface area contributed by atoms with Crippen LogP contribution >= 0.6 is 0 Å². The lowest BCUT2D eigenvalue weighted by Crippen LogP contribution is -2.07. The summed E-state index contributed by atoms with van der Waals surface area (Å²) in [6, 6.07) is 16.7. The van der Waals surface area contributed by atoms with Crippen LogP contribution in [0.15, 0.2) is 54.7 Å². The number of nitrogen functional groups attached to an aromatic ring is 1. The monoisotopic (exact) mass is 401 g/mol. The predicted molar refractivity (Wildman–Crippen MR) is 121 cm³/mol. The third-order valence-electron chi connectivity index (χ3n) is 5.64. The molecule has 4 aromatic rings. The van der Waals surface area contributed by atoms with Crippen molar-refractivity contribution in [3.8, 4) is 0 Å². The molecule has 0 fully saturated rings. The Hall–Kier alpha value is -3.02. The number of aromatic nitrogens is 2. The smallest absolute Gasteiger partial charge is 0.150 e. The highest BCUT2D eigenvalue weighted by molar-refractivity contribution is 6.08. The van der Waals surface area contributed by atoms with Crippen molar-refractivity contribution in [2.45, 2.75) is 32.3 Å². The first-order chi connectivity index (χ1) is 14.6. The van der Waals surface area contributed by atoms with E-state index in [0.29, 0.717) is 5.82 Å². The maximum Gasteiger partial charge on any atom is 0.150 e. The van der Waals surface area contributed by atoms with Gasteiger partial charge in [0, 0.05) is 37.1 Å². The van der Waals surface area contributed by atoms with Crippen molar-refractivity contribution in [2.75, 3.05) is 19.5 Å². The van der Waals surface area contributed by atoms with Crippen LogP contribution in [-0.2, 0) is 17.6 Å². The van der Waals surface area contributed by atoms with Crippen molar-refractivity contribution in [3.63, 3.8) is 0 Å². The summed E-state index contributed by atoms with van der Waals surface area (Å²) in [6.07, 6.45) is 4.10. The number of nitrogens with zero attached hydrogens (tertiary/aromatic N) is 2. The Morgan fingerprint density at radius 3 is 2.67 bits per heavy atom. The van der Waals surface area contributed by atoms with Gasteiger partial charge in [0.15, 0.2) is 5.82 Å². The van der Waals surface area contributed by atoms with E-state index in [1.807, 2.05) is 18.3 Å². The molecule has 0 aliphatic heterocycles. The van der Waals surface area contributed by atoms with E-state index in [1.165, 1.54) is 11.1 Å². The molecule has 0 bridgehead atoms. The summed E-state index contributed by atoms with van der Waals surface area (Å²) in [5.74, 6) is 0.436. The van der Waals surface area contributed by atoms with E-state index in [2.05, 4.69) is 53.3 Å². The van der Waals surface area contributed by atoms with E-state index in [1.54, 1.807) is 7.11 Å². The van der Waals surface area contributed by atoms with Gasteiger partial charge in [-0.05, 0) is 54.2 Å². The van der Waals surface area contributed by atoms with E-state index < -0.39 is 0 Å². The number of aliphatic hydroxyl groups is 1. The van der Waals surface area contributed by atoms with Gasteiger partial charge in [0.05, 0.1) is 11.6 Å². The number of benzene rings is 2. The minimum absolute atomic E-state index is 0.0408. The minimum Gasteiger partial charge on any atom is -0.396 e. The van der Waals surface area contributed by atoms with Crippen LogP contribution in [0.5, 0.6) is 0 Å². The first kappa shape index (κ1) is 20.3. The molecule has 3 N–H and O–H groups in total. The van der Waals surface area contributed by atoms with Gasteiger partial charge in [-0.25, -0.2) is 4.98 Å². The van der Waals surface area contributed by atoms with E-state index >= 15 is 0 Å². The fraction of sp³-hybridized carbons (Fsp3) is 0.280. The molecule has 1 atom stereocenters. The molecule has 0 saturated carbocycles. The molecule has 0 aliphatic carbocycles. The SMILES string of the molecule is COC(Cc1cnc2c(N)nc3cc(CCCO)ccc3c2c1)c1ccccc1C. The molecule has 2 aromatic heterocycles. The Labute approximate surface area is 176 Å². The third-order valence-corrected chi connectivity index (χ3v) is 5.64. The highest BCUT2D eigenvalue weighted by Crippen LogP contribution is 2.30. The molecule has 2 aromatic carbocycles. The Kier molecular flexibility index (Phi) is 5.93. The minimum atomic E-state index is -0.0408. The number of methoxy groups -OCH3 is 1. The average Bonchev–Trinajstić information content (AvgIpc) is 2.76. The lowest BCUT2D eigenvalue weighted by molar-refractivity contribution is 0.103. The van der Waals surface area contributed by atoms with Gasteiger partial charge in [0.1, 0.15) is 5.52 Å². The molecular weight excluding hydrogens is 374 g/mol. The van der Waals surface area contributed by atoms with Gasteiger partial charge in [-0.3, -0.25) is 4.98 Å². The molecule has 5 heteroatoms. The number of rotatable bonds is 7. The summed E-state index contributed by atoms with van der Waals surface area (Å²) in [5, 5.41) is 11.1. The topological polar surface area (TPSA) is 81.3 Å². The van der Waals surface area contributed by atoms with E-state index in [0.717, 1.165) is 52.2 Å². The molecule has 1 unspecified atom stereocenters. The van der Waals surface area contributed by atoms with Crippen LogP contribution in [0.1, 0.15) is 34.8 Å². The first-order valence-corrected chi connectivity index (χ1v) is 10.3. The lowest BCUT2D eigenvalue weighted by atomic mass is 9.97. The molecule has 4 rings (SSSR count). The van der Waals surface area contributed by atoms with Crippen LogP contribution in [0.2, 0.25) is 0 Å². The van der Waals surface area contributed by atoms with Crippen molar-refractivity contribution >= 4 is 27.6 Å². The lowest BCUT2D eigenvalue weighted by Gasteiger charge is -2.18. The standard InChI is InChI=1S/C25H27N3O2/c1-16-6-3-4-8-19(16)23(30-2)14-18-12-21-20-10-9-17(7-5-11-29)13-22(20)28-25(26)24(21)27-15-18/h3-4,6,8-10,12-13,15,23,29H,5,7,11,14H2,1-2H3,(H2,26,28). The van der Waals surface area contributed by atoms with Crippen LogP contribution in [0.3, 0.4) is 0 Å². The molecule has 30 heavy (non-hydrogen) atoms. The molecular formula is C25H27N3O2. The summed E-state index contributed by atoms with van der Waals surface area (Å²) < 4.78 is 5.81. The largest absolute Gasteiger partial charge is 0.396 e. The molecule has 0 aliphatic rings. The second-order valence-corrected chi connectivity index (χ2v) is 7.70. The van der Waals surface area contributed by atoms with Gasteiger partial charge in [-0.15, -0.1) is 0 Å². The number of hydrogen-bond donors (Lipinski definition) is 2. The van der Waals surface area contributed by atoms with Gasteiger partial charge >= 0.3 is 0 Å². The molecule has 2 heterocycles. The quantitative estimate of drug-likeness (QED) is 0.445. The van der Waals surface area contributed by atoms with E-state index in [4.69, 9.17) is 15.6 Å². The van der Waals surface area contributed by atoms with Gasteiger partial charge in [0.2, 0.25) is 0 Å². The molecule has 154 valence electrons. The van der Waals surface area contributed by atoms with Crippen molar-refractivity contribution in [1.29, 1.82) is 0 Å². The van der Waals surface area contributed by atoms with E-state index in [9.17, 15) is 0 Å². The van der Waals surface area contributed by atoms with Crippen molar-refractivity contribution in [1.82, 2.24) is 9.97 Å². The summed E-state index contributed by atoms with van der Waals surface area (Å²) >= 11 is 0. The Balaban J connectivity index is 1.75. The number of nitrogens with two attached hydrogens (primary N) is 1. The second kappa shape index (κ2) is 8.78. The second-order valence-electron chi connectivity index (χ2n) is 7.70. The molecule has 0 radical (unpaired) electrons. The highest BCUT2D eigenvalue weighted by Gasteiger charge is 2.15. The number of pyridine rings is 2. The maximum atomic E-state index is 9.09. The average molecular weight is 402 g/mol. The molecule has 0 amide bonds. The van der Waals surface area contributed by atoms with Gasteiger partial charge in [-0.2, -0.15) is 0 Å². The molecule has 5 nitrogen and oxygen atoms in total. The number of anilines is 1. The first-order valence-electron chi connectivity index (χ1n) is 10.3. The maximum absolute atomic E-state index is 9.09. The fourth-order valence-electron chi connectivity index (χ4n) is 4.03. The summed E-state index contributed by atoms with van der Waals surface area (Å²) in [5.41, 5.74) is 12.4. The van der Waals surface area contributed by atoms with Crippen molar-refractivity contribution in [3.05, 3.63) is 77.0 Å². The highest BCUT2D eigenvalue weighted by atomic mass is 16.5. The summed E-state index contributed by atoms with van der Waals surface area (Å²) in [6.45, 7) is 2.29. The number of aryl methyl sites for hydroxylation is 2. The number of fused-ring (bicyclic) bond motifs is 3. The summed E-state index contributed by atoms with van der Waals surface area (Å²) in [4.78, 5) is 9.20. The number of hydrogen-bond acceptors (Lipinski definition) is 5. The fourth-order valence-corrected chi connectivity index (χ4v) is 4.03. The van der Waals surface area contributed by atoms with Gasteiger partial charge < -0.3 is 15.6 Å². The van der Waals surface area contributed by atoms with Gasteiger partial charge in [-0.1, -0.05) is 36.4 Å². The zero-order chi connectivity index (χ0) is 21.1. The van der Waals surface area contributed by atoms with E-state index in [-0.39, 0.29) is 12.7 Å².